The topological polar surface area (TPSA) is 72.2 Å². The van der Waals surface area contributed by atoms with Gasteiger partial charge in [0.1, 0.15) is 0 Å². The zero-order chi connectivity index (χ0) is 14.7. The van der Waals surface area contributed by atoms with Crippen LogP contribution in [0.1, 0.15) is 40.0 Å². The summed E-state index contributed by atoms with van der Waals surface area (Å²) in [5.74, 6) is 0. The van der Waals surface area contributed by atoms with Gasteiger partial charge in [0.05, 0.1) is 16.3 Å². The number of rotatable bonds is 6. The van der Waals surface area contributed by atoms with Crippen molar-refractivity contribution in [2.24, 2.45) is 0 Å². The van der Waals surface area contributed by atoms with Gasteiger partial charge in [0.2, 0.25) is 0 Å². The maximum atomic E-state index is 11.7. The predicted octanol–water partition coefficient (Wildman–Crippen LogP) is 3.05. The lowest BCUT2D eigenvalue weighted by atomic mass is 9.89. The fourth-order valence-corrected chi connectivity index (χ4v) is 3.11. The Morgan fingerprint density at radius 2 is 1.68 bits per heavy atom. The number of anilines is 2. The van der Waals surface area contributed by atoms with Crippen molar-refractivity contribution in [3.05, 3.63) is 18.2 Å². The van der Waals surface area contributed by atoms with E-state index in [9.17, 15) is 8.42 Å². The second-order valence-electron chi connectivity index (χ2n) is 4.96. The molecule has 0 spiro atoms. The summed E-state index contributed by atoms with van der Waals surface area (Å²) in [4.78, 5) is 0.190. The molecule has 0 aliphatic carbocycles. The Bertz CT molecular complexity index is 526. The number of hydrogen-bond donors (Lipinski definition) is 2. The number of sulfone groups is 1. The second kappa shape index (κ2) is 5.82. The maximum absolute atomic E-state index is 11.7. The first-order valence-electron chi connectivity index (χ1n) is 6.66. The Morgan fingerprint density at radius 3 is 2.11 bits per heavy atom. The number of nitrogens with two attached hydrogens (primary N) is 1. The van der Waals surface area contributed by atoms with Crippen molar-refractivity contribution in [2.75, 3.05) is 17.3 Å². The smallest absolute Gasteiger partial charge is 0.177 e. The molecular formula is C14H24N2O2S. The van der Waals surface area contributed by atoms with E-state index >= 15 is 0 Å². The summed E-state index contributed by atoms with van der Waals surface area (Å²) in [6.07, 6.45) is 4.06. The Kier molecular flexibility index (Phi) is 4.85. The van der Waals surface area contributed by atoms with Crippen LogP contribution in [0.25, 0.3) is 0 Å². The molecule has 0 unspecified atom stereocenters. The molecule has 1 rings (SSSR count). The molecule has 0 fully saturated rings. The van der Waals surface area contributed by atoms with Crippen LogP contribution in [-0.4, -0.2) is 20.2 Å². The highest BCUT2D eigenvalue weighted by atomic mass is 32.2. The average molecular weight is 284 g/mol. The van der Waals surface area contributed by atoms with Crippen LogP contribution in [0.5, 0.6) is 0 Å². The quantitative estimate of drug-likeness (QED) is 0.788. The molecule has 0 radical (unpaired) electrons. The summed E-state index contributed by atoms with van der Waals surface area (Å²) in [6, 6.07) is 5.10. The van der Waals surface area contributed by atoms with E-state index in [0.29, 0.717) is 11.4 Å². The van der Waals surface area contributed by atoms with Crippen molar-refractivity contribution in [2.45, 2.75) is 50.5 Å². The number of para-hydroxylation sites is 1. The van der Waals surface area contributed by atoms with Crippen LogP contribution in [0.3, 0.4) is 0 Å². The van der Waals surface area contributed by atoms with Gasteiger partial charge in [-0.3, -0.25) is 0 Å². The van der Waals surface area contributed by atoms with Gasteiger partial charge in [0.15, 0.2) is 9.84 Å². The van der Waals surface area contributed by atoms with Crippen molar-refractivity contribution < 1.29 is 8.42 Å². The van der Waals surface area contributed by atoms with Gasteiger partial charge >= 0.3 is 0 Å². The third-order valence-corrected chi connectivity index (χ3v) is 5.05. The van der Waals surface area contributed by atoms with Crippen LogP contribution in [0.2, 0.25) is 0 Å². The molecule has 1 aromatic carbocycles. The highest BCUT2D eigenvalue weighted by Gasteiger charge is 2.25. The van der Waals surface area contributed by atoms with Crippen LogP contribution in [0.4, 0.5) is 11.4 Å². The molecule has 0 bridgehead atoms. The molecule has 1 aromatic rings. The van der Waals surface area contributed by atoms with Gasteiger partial charge < -0.3 is 11.1 Å². The summed E-state index contributed by atoms with van der Waals surface area (Å²) in [7, 11) is -3.30. The van der Waals surface area contributed by atoms with E-state index in [1.54, 1.807) is 12.1 Å². The van der Waals surface area contributed by atoms with E-state index in [4.69, 9.17) is 5.73 Å². The number of nitrogens with one attached hydrogen (secondary N) is 1. The average Bonchev–Trinajstić information content (AvgIpc) is 2.37. The molecule has 0 aliphatic rings. The molecule has 0 aliphatic heterocycles. The number of benzene rings is 1. The van der Waals surface area contributed by atoms with E-state index in [1.807, 2.05) is 6.07 Å². The minimum atomic E-state index is -3.30. The van der Waals surface area contributed by atoms with Crippen LogP contribution >= 0.6 is 0 Å². The summed E-state index contributed by atoms with van der Waals surface area (Å²) >= 11 is 0. The lowest BCUT2D eigenvalue weighted by Gasteiger charge is -2.33. The van der Waals surface area contributed by atoms with Gasteiger partial charge in [-0.2, -0.15) is 0 Å². The van der Waals surface area contributed by atoms with Gasteiger partial charge in [-0.05, 0) is 31.4 Å². The van der Waals surface area contributed by atoms with Gasteiger partial charge in [0, 0.05) is 11.8 Å². The van der Waals surface area contributed by atoms with Gasteiger partial charge in [-0.15, -0.1) is 0 Å². The summed E-state index contributed by atoms with van der Waals surface area (Å²) in [6.45, 7) is 6.36. The zero-order valence-electron chi connectivity index (χ0n) is 12.2. The molecule has 3 N–H and O–H groups in total. The van der Waals surface area contributed by atoms with Crippen molar-refractivity contribution in [1.82, 2.24) is 0 Å². The molecule has 0 saturated carbocycles. The van der Waals surface area contributed by atoms with E-state index < -0.39 is 9.84 Å². The first-order chi connectivity index (χ1) is 8.79. The van der Waals surface area contributed by atoms with Crippen molar-refractivity contribution in [1.29, 1.82) is 0 Å². The summed E-state index contributed by atoms with van der Waals surface area (Å²) in [5, 5.41) is 3.43. The first kappa shape index (κ1) is 15.8. The highest BCUT2D eigenvalue weighted by molar-refractivity contribution is 7.90. The molecule has 0 heterocycles. The minimum absolute atomic E-state index is 0.0375. The molecule has 0 atom stereocenters. The monoisotopic (exact) mass is 284 g/mol. The molecule has 19 heavy (non-hydrogen) atoms. The summed E-state index contributed by atoms with van der Waals surface area (Å²) < 4.78 is 23.3. The van der Waals surface area contributed by atoms with E-state index in [2.05, 4.69) is 26.1 Å². The first-order valence-corrected chi connectivity index (χ1v) is 8.55. The molecule has 4 nitrogen and oxygen atoms in total. The van der Waals surface area contributed by atoms with Crippen molar-refractivity contribution >= 4 is 21.2 Å². The second-order valence-corrected chi connectivity index (χ2v) is 6.94. The molecule has 0 aromatic heterocycles. The highest BCUT2D eigenvalue weighted by Crippen LogP contribution is 2.32. The summed E-state index contributed by atoms with van der Waals surface area (Å²) in [5.41, 5.74) is 6.97. The van der Waals surface area contributed by atoms with Crippen molar-refractivity contribution in [3.63, 3.8) is 0 Å². The van der Waals surface area contributed by atoms with Gasteiger partial charge in [0.25, 0.3) is 0 Å². The van der Waals surface area contributed by atoms with Crippen molar-refractivity contribution in [3.8, 4) is 0 Å². The molecule has 108 valence electrons. The van der Waals surface area contributed by atoms with E-state index in [0.717, 1.165) is 19.3 Å². The fourth-order valence-electron chi connectivity index (χ4n) is 2.28. The lowest BCUT2D eigenvalue weighted by Crippen LogP contribution is -2.36. The fraction of sp³-hybridized carbons (Fsp3) is 0.571. The minimum Gasteiger partial charge on any atom is -0.396 e. The Hall–Kier alpha value is -1.23. The molecular weight excluding hydrogens is 260 g/mol. The normalized spacial score (nSPS) is 12.4. The maximum Gasteiger partial charge on any atom is 0.177 e. The number of hydrogen-bond acceptors (Lipinski definition) is 4. The predicted molar refractivity (Wildman–Crippen MR) is 81.2 cm³/mol. The number of nitrogen functional groups attached to an aromatic ring is 1. The Labute approximate surface area is 116 Å². The van der Waals surface area contributed by atoms with E-state index in [1.165, 1.54) is 6.26 Å². The van der Waals surface area contributed by atoms with E-state index in [-0.39, 0.29) is 10.4 Å². The Balaban J connectivity index is 3.23. The van der Waals surface area contributed by atoms with Gasteiger partial charge in [-0.1, -0.05) is 26.8 Å². The van der Waals surface area contributed by atoms with Crippen LogP contribution in [0, 0.1) is 0 Å². The third-order valence-electron chi connectivity index (χ3n) is 3.90. The van der Waals surface area contributed by atoms with Crippen LogP contribution in [-0.2, 0) is 9.84 Å². The Morgan fingerprint density at radius 1 is 1.16 bits per heavy atom. The molecule has 5 heteroatoms. The zero-order valence-corrected chi connectivity index (χ0v) is 13.0. The van der Waals surface area contributed by atoms with Crippen LogP contribution in [0.15, 0.2) is 23.1 Å². The molecule has 0 amide bonds. The largest absolute Gasteiger partial charge is 0.396 e. The van der Waals surface area contributed by atoms with Gasteiger partial charge in [-0.25, -0.2) is 8.42 Å². The lowest BCUT2D eigenvalue weighted by molar-refractivity contribution is 0.420. The standard InChI is InChI=1S/C14H24N2O2S/c1-5-14(6-2,7-3)16-11-9-8-10-12(13(11)15)19(4,17)18/h8-10,16H,5-7,15H2,1-4H3. The third kappa shape index (κ3) is 3.41. The SMILES string of the molecule is CCC(CC)(CC)Nc1cccc(S(C)(=O)=O)c1N. The van der Waals surface area contributed by atoms with Crippen LogP contribution < -0.4 is 11.1 Å². The molecule has 0 saturated heterocycles.